The quantitative estimate of drug-likeness (QED) is 0.674. The van der Waals surface area contributed by atoms with Crippen molar-refractivity contribution >= 4 is 29.7 Å². The van der Waals surface area contributed by atoms with Gasteiger partial charge in [0.2, 0.25) is 0 Å². The van der Waals surface area contributed by atoms with Crippen molar-refractivity contribution in [1.29, 1.82) is 0 Å². The van der Waals surface area contributed by atoms with Gasteiger partial charge < -0.3 is 10.3 Å². The third kappa shape index (κ3) is 2.92. The van der Waals surface area contributed by atoms with Gasteiger partial charge in [0.05, 0.1) is 10.5 Å². The number of halogens is 2. The Hall–Kier alpha value is -1.70. The fraction of sp³-hybridized carbons (Fsp3) is 0.385. The van der Waals surface area contributed by atoms with Crippen molar-refractivity contribution in [3.05, 3.63) is 39.2 Å². The van der Waals surface area contributed by atoms with Gasteiger partial charge in [-0.15, -0.1) is 12.4 Å². The summed E-state index contributed by atoms with van der Waals surface area (Å²) in [6.45, 7) is 0. The fourth-order valence-electron chi connectivity index (χ4n) is 2.60. The first-order valence-corrected chi connectivity index (χ1v) is 6.95. The van der Waals surface area contributed by atoms with Gasteiger partial charge >= 0.3 is 0 Å². The highest BCUT2D eigenvalue weighted by Crippen LogP contribution is 2.37. The van der Waals surface area contributed by atoms with Crippen LogP contribution in [0.3, 0.4) is 0 Å². The molecule has 1 aliphatic rings. The first-order valence-electron chi connectivity index (χ1n) is 6.57. The molecule has 1 aliphatic carbocycles. The number of rotatable bonds is 3. The molecule has 22 heavy (non-hydrogen) atoms. The molecule has 0 bridgehead atoms. The zero-order valence-corrected chi connectivity index (χ0v) is 13.1. The van der Waals surface area contributed by atoms with Crippen molar-refractivity contribution in [1.82, 2.24) is 10.1 Å². The minimum Gasteiger partial charge on any atom is -0.334 e. The van der Waals surface area contributed by atoms with E-state index in [1.165, 1.54) is 12.1 Å². The Morgan fingerprint density at radius 1 is 1.36 bits per heavy atom. The van der Waals surface area contributed by atoms with Gasteiger partial charge in [-0.3, -0.25) is 10.1 Å². The van der Waals surface area contributed by atoms with E-state index < -0.39 is 10.5 Å². The number of nitro groups is 1. The summed E-state index contributed by atoms with van der Waals surface area (Å²) < 4.78 is 5.17. The smallest absolute Gasteiger partial charge is 0.283 e. The van der Waals surface area contributed by atoms with Crippen LogP contribution in [-0.4, -0.2) is 15.1 Å². The molecule has 1 saturated carbocycles. The molecular formula is C13H14Cl2N4O3. The van der Waals surface area contributed by atoms with Gasteiger partial charge in [-0.1, -0.05) is 29.6 Å². The van der Waals surface area contributed by atoms with Crippen LogP contribution < -0.4 is 5.73 Å². The molecule has 0 saturated heterocycles. The molecule has 0 aliphatic heterocycles. The molecule has 9 heteroatoms. The number of benzene rings is 1. The predicted molar refractivity (Wildman–Crippen MR) is 83.0 cm³/mol. The minimum atomic E-state index is -0.594. The van der Waals surface area contributed by atoms with E-state index in [0.717, 1.165) is 25.7 Å². The molecule has 0 spiro atoms. The Labute approximate surface area is 137 Å². The first kappa shape index (κ1) is 16.7. The van der Waals surface area contributed by atoms with E-state index in [-0.39, 0.29) is 34.6 Å². The summed E-state index contributed by atoms with van der Waals surface area (Å²) in [5, 5.41) is 15.3. The molecule has 3 rings (SSSR count). The molecule has 7 nitrogen and oxygen atoms in total. The van der Waals surface area contributed by atoms with Crippen molar-refractivity contribution in [2.75, 3.05) is 0 Å². The molecule has 2 aromatic rings. The molecule has 1 fully saturated rings. The number of nitro benzene ring substituents is 1. The highest BCUT2D eigenvalue weighted by atomic mass is 35.5. The first-order chi connectivity index (χ1) is 9.99. The van der Waals surface area contributed by atoms with Crippen LogP contribution in [0, 0.1) is 10.1 Å². The van der Waals surface area contributed by atoms with Crippen LogP contribution in [0.5, 0.6) is 0 Å². The third-order valence-electron chi connectivity index (χ3n) is 3.75. The van der Waals surface area contributed by atoms with E-state index in [9.17, 15) is 10.1 Å². The predicted octanol–water partition coefficient (Wildman–Crippen LogP) is 3.45. The molecule has 1 aromatic carbocycles. The summed E-state index contributed by atoms with van der Waals surface area (Å²) in [6.07, 6.45) is 3.60. The number of hydrogen-bond donors (Lipinski definition) is 1. The van der Waals surface area contributed by atoms with Gasteiger partial charge in [0.15, 0.2) is 5.82 Å². The van der Waals surface area contributed by atoms with E-state index in [1.807, 2.05) is 0 Å². The number of aromatic nitrogens is 2. The lowest BCUT2D eigenvalue weighted by atomic mass is 9.98. The molecule has 1 heterocycles. The number of nitrogens with zero attached hydrogens (tertiary/aromatic N) is 3. The lowest BCUT2D eigenvalue weighted by molar-refractivity contribution is -0.384. The van der Waals surface area contributed by atoms with Crippen LogP contribution in [-0.2, 0) is 5.54 Å². The van der Waals surface area contributed by atoms with Gasteiger partial charge in [0.25, 0.3) is 11.6 Å². The Bertz CT molecular complexity index is 698. The Morgan fingerprint density at radius 3 is 2.68 bits per heavy atom. The van der Waals surface area contributed by atoms with Crippen LogP contribution >= 0.6 is 24.0 Å². The van der Waals surface area contributed by atoms with E-state index in [1.54, 1.807) is 6.07 Å². The van der Waals surface area contributed by atoms with Crippen molar-refractivity contribution in [3.63, 3.8) is 0 Å². The summed E-state index contributed by atoms with van der Waals surface area (Å²) in [5.41, 5.74) is 5.73. The Balaban J connectivity index is 0.00000176. The summed E-state index contributed by atoms with van der Waals surface area (Å²) in [6, 6.07) is 4.30. The van der Waals surface area contributed by atoms with Crippen molar-refractivity contribution in [2.24, 2.45) is 5.73 Å². The maximum absolute atomic E-state index is 11.1. The largest absolute Gasteiger partial charge is 0.334 e. The van der Waals surface area contributed by atoms with Gasteiger partial charge in [-0.05, 0) is 25.0 Å². The van der Waals surface area contributed by atoms with E-state index >= 15 is 0 Å². The van der Waals surface area contributed by atoms with Crippen molar-refractivity contribution in [3.8, 4) is 11.5 Å². The lowest BCUT2D eigenvalue weighted by Gasteiger charge is -2.17. The summed E-state index contributed by atoms with van der Waals surface area (Å²) in [7, 11) is 0. The maximum atomic E-state index is 11.1. The van der Waals surface area contributed by atoms with Gasteiger partial charge in [-0.25, -0.2) is 0 Å². The second-order valence-electron chi connectivity index (χ2n) is 5.20. The second kappa shape index (κ2) is 6.20. The molecule has 0 unspecified atom stereocenters. The zero-order chi connectivity index (χ0) is 15.0. The van der Waals surface area contributed by atoms with Crippen molar-refractivity contribution in [2.45, 2.75) is 31.2 Å². The monoisotopic (exact) mass is 344 g/mol. The van der Waals surface area contributed by atoms with E-state index in [0.29, 0.717) is 5.82 Å². The molecular weight excluding hydrogens is 331 g/mol. The minimum absolute atomic E-state index is 0. The average Bonchev–Trinajstić information content (AvgIpc) is 3.08. The molecule has 0 atom stereocenters. The summed E-state index contributed by atoms with van der Waals surface area (Å²) in [4.78, 5) is 14.8. The van der Waals surface area contributed by atoms with Crippen LogP contribution in [0.2, 0.25) is 5.02 Å². The Kier molecular flexibility index (Phi) is 4.69. The number of hydrogen-bond acceptors (Lipinski definition) is 6. The SMILES string of the molecule is Cl.NC1(c2noc(-c3ccc(Cl)cc3[N+](=O)[O-])n2)CCCC1. The third-order valence-corrected chi connectivity index (χ3v) is 3.99. The van der Waals surface area contributed by atoms with Crippen LogP contribution in [0.4, 0.5) is 5.69 Å². The lowest BCUT2D eigenvalue weighted by Crippen LogP contribution is -2.34. The van der Waals surface area contributed by atoms with Gasteiger partial charge in [0, 0.05) is 11.1 Å². The van der Waals surface area contributed by atoms with Crippen LogP contribution in [0.25, 0.3) is 11.5 Å². The van der Waals surface area contributed by atoms with Gasteiger partial charge in [-0.2, -0.15) is 4.98 Å². The van der Waals surface area contributed by atoms with E-state index in [4.69, 9.17) is 21.9 Å². The normalized spacial score (nSPS) is 16.3. The summed E-state index contributed by atoms with van der Waals surface area (Å²) in [5.74, 6) is 0.490. The van der Waals surface area contributed by atoms with Crippen molar-refractivity contribution < 1.29 is 9.45 Å². The topological polar surface area (TPSA) is 108 Å². The molecule has 1 aromatic heterocycles. The average molecular weight is 345 g/mol. The molecule has 0 radical (unpaired) electrons. The maximum Gasteiger partial charge on any atom is 0.283 e. The van der Waals surface area contributed by atoms with E-state index in [2.05, 4.69) is 10.1 Å². The van der Waals surface area contributed by atoms with Gasteiger partial charge in [0.1, 0.15) is 5.56 Å². The van der Waals surface area contributed by atoms with Crippen LogP contribution in [0.15, 0.2) is 22.7 Å². The highest BCUT2D eigenvalue weighted by molar-refractivity contribution is 6.30. The molecule has 118 valence electrons. The fourth-order valence-corrected chi connectivity index (χ4v) is 2.77. The highest BCUT2D eigenvalue weighted by Gasteiger charge is 2.36. The molecule has 0 amide bonds. The summed E-state index contributed by atoms with van der Waals surface area (Å²) >= 11 is 5.79. The Morgan fingerprint density at radius 2 is 2.05 bits per heavy atom. The zero-order valence-electron chi connectivity index (χ0n) is 11.5. The second-order valence-corrected chi connectivity index (χ2v) is 5.64. The van der Waals surface area contributed by atoms with Crippen LogP contribution in [0.1, 0.15) is 31.5 Å². The number of nitrogens with two attached hydrogens (primary N) is 1. The molecule has 2 N–H and O–H groups in total. The standard InChI is InChI=1S/C13H13ClN4O3.ClH/c14-8-3-4-9(10(7-8)18(19)20)11-16-12(17-21-11)13(15)5-1-2-6-13;/h3-4,7H,1-2,5-6,15H2;1H.